The van der Waals surface area contributed by atoms with Crippen molar-refractivity contribution in [3.8, 4) is 40.6 Å². The normalized spacial score (nSPS) is 10.1. The molecule has 1 N–H and O–H groups in total. The summed E-state index contributed by atoms with van der Waals surface area (Å²) < 4.78 is 14.2. The summed E-state index contributed by atoms with van der Waals surface area (Å²) in [5.74, 6) is 5.70. The number of nitriles is 1. The van der Waals surface area contributed by atoms with Crippen molar-refractivity contribution in [1.29, 1.82) is 5.26 Å². The summed E-state index contributed by atoms with van der Waals surface area (Å²) in [6, 6.07) is 19.5. The summed E-state index contributed by atoms with van der Waals surface area (Å²) in [5, 5.41) is 9.65. The van der Waals surface area contributed by atoms with Crippen molar-refractivity contribution in [3.05, 3.63) is 94.7 Å². The Morgan fingerprint density at radius 3 is 2.48 bits per heavy atom. The molecule has 0 unspecified atom stereocenters. The minimum Gasteiger partial charge on any atom is -0.337 e. The molecule has 0 spiro atoms. The van der Waals surface area contributed by atoms with Gasteiger partial charge in [0, 0.05) is 17.3 Å². The third-order valence-corrected chi connectivity index (χ3v) is 4.49. The molecule has 0 aliphatic heterocycles. The van der Waals surface area contributed by atoms with Gasteiger partial charge in [-0.15, -0.1) is 0 Å². The van der Waals surface area contributed by atoms with Crippen LogP contribution in [0.2, 0.25) is 5.02 Å². The van der Waals surface area contributed by atoms with Gasteiger partial charge < -0.3 is 4.98 Å². The van der Waals surface area contributed by atoms with Crippen LogP contribution >= 0.6 is 11.6 Å². The monoisotopic (exact) mass is 398 g/mol. The van der Waals surface area contributed by atoms with Gasteiger partial charge in [0.1, 0.15) is 23.4 Å². The smallest absolute Gasteiger partial charge is 0.167 e. The number of pyridine rings is 1. The molecule has 2 heterocycles. The maximum Gasteiger partial charge on any atom is 0.167 e. The molecule has 0 atom stereocenters. The predicted octanol–water partition coefficient (Wildman–Crippen LogP) is 5.20. The third kappa shape index (κ3) is 3.87. The second kappa shape index (κ2) is 7.98. The molecule has 0 saturated heterocycles. The number of aromatic amines is 1. The van der Waals surface area contributed by atoms with Crippen molar-refractivity contribution < 1.29 is 4.39 Å². The van der Waals surface area contributed by atoms with Crippen LogP contribution in [0.5, 0.6) is 0 Å². The van der Waals surface area contributed by atoms with Crippen LogP contribution in [0.1, 0.15) is 17.0 Å². The van der Waals surface area contributed by atoms with Crippen molar-refractivity contribution in [2.75, 3.05) is 0 Å². The Bertz CT molecular complexity index is 1260. The lowest BCUT2D eigenvalue weighted by Crippen LogP contribution is -1.88. The van der Waals surface area contributed by atoms with Gasteiger partial charge in [-0.25, -0.2) is 14.4 Å². The molecule has 2 aromatic heterocycles. The van der Waals surface area contributed by atoms with Gasteiger partial charge in [0.15, 0.2) is 5.69 Å². The Balaban J connectivity index is 1.68. The molecule has 0 amide bonds. The lowest BCUT2D eigenvalue weighted by molar-refractivity contribution is 0.630. The molecular formula is C23H12ClFN4. The topological polar surface area (TPSA) is 65.4 Å². The minimum atomic E-state index is -0.521. The maximum absolute atomic E-state index is 14.2. The zero-order valence-corrected chi connectivity index (χ0v) is 15.7. The molecule has 0 fully saturated rings. The van der Waals surface area contributed by atoms with Gasteiger partial charge in [0.05, 0.1) is 16.3 Å². The lowest BCUT2D eigenvalue weighted by Gasteiger charge is -2.02. The molecule has 138 valence electrons. The first kappa shape index (κ1) is 18.4. The molecule has 0 radical (unpaired) electrons. The van der Waals surface area contributed by atoms with Crippen molar-refractivity contribution in [2.45, 2.75) is 0 Å². The highest BCUT2D eigenvalue weighted by Gasteiger charge is 2.18. The summed E-state index contributed by atoms with van der Waals surface area (Å²) >= 11 is 6.11. The molecule has 29 heavy (non-hydrogen) atoms. The first-order chi connectivity index (χ1) is 14.2. The van der Waals surface area contributed by atoms with Gasteiger partial charge in [-0.05, 0) is 42.3 Å². The van der Waals surface area contributed by atoms with Crippen LogP contribution in [0, 0.1) is 29.0 Å². The van der Waals surface area contributed by atoms with E-state index in [9.17, 15) is 9.65 Å². The number of hydrogen-bond donors (Lipinski definition) is 1. The number of aromatic nitrogens is 3. The average molecular weight is 399 g/mol. The number of hydrogen-bond acceptors (Lipinski definition) is 3. The number of nitrogens with one attached hydrogen (secondary N) is 1. The molecule has 2 aromatic carbocycles. The molecule has 0 saturated carbocycles. The van der Waals surface area contributed by atoms with E-state index in [1.165, 1.54) is 12.1 Å². The first-order valence-corrected chi connectivity index (χ1v) is 9.01. The summed E-state index contributed by atoms with van der Waals surface area (Å²) in [7, 11) is 0. The highest BCUT2D eigenvalue weighted by molar-refractivity contribution is 6.33. The molecule has 0 aliphatic carbocycles. The first-order valence-electron chi connectivity index (χ1n) is 8.63. The van der Waals surface area contributed by atoms with Crippen LogP contribution in [0.15, 0.2) is 66.9 Å². The third-order valence-electron chi connectivity index (χ3n) is 4.17. The Morgan fingerprint density at radius 1 is 0.966 bits per heavy atom. The Kier molecular flexibility index (Phi) is 5.07. The average Bonchev–Trinajstić information content (AvgIpc) is 3.17. The maximum atomic E-state index is 14.2. The largest absolute Gasteiger partial charge is 0.337 e. The Labute approximate surface area is 171 Å². The number of halogens is 2. The van der Waals surface area contributed by atoms with Gasteiger partial charge in [-0.2, -0.15) is 5.26 Å². The van der Waals surface area contributed by atoms with Crippen LogP contribution in [0.3, 0.4) is 0 Å². The van der Waals surface area contributed by atoms with E-state index in [0.29, 0.717) is 17.0 Å². The molecule has 4 rings (SSSR count). The number of benzene rings is 2. The summed E-state index contributed by atoms with van der Waals surface area (Å²) in [6.45, 7) is 0. The molecule has 4 nitrogen and oxygen atoms in total. The SMILES string of the molecule is N#Cc1nc(-c2c(F)cccc2Cl)[nH]c1-c1ccc(C#Cc2ccccc2)nc1. The second-order valence-electron chi connectivity index (χ2n) is 6.07. The summed E-state index contributed by atoms with van der Waals surface area (Å²) in [5.41, 5.74) is 2.81. The Hall–Kier alpha value is -3.93. The van der Waals surface area contributed by atoms with E-state index in [0.717, 1.165) is 5.56 Å². The van der Waals surface area contributed by atoms with Gasteiger partial charge in [0.25, 0.3) is 0 Å². The van der Waals surface area contributed by atoms with Gasteiger partial charge in [-0.1, -0.05) is 41.8 Å². The fraction of sp³-hybridized carbons (Fsp3) is 0. The minimum absolute atomic E-state index is 0.121. The van der Waals surface area contributed by atoms with Crippen LogP contribution in [-0.4, -0.2) is 15.0 Å². The van der Waals surface area contributed by atoms with Crippen molar-refractivity contribution in [2.24, 2.45) is 0 Å². The van der Waals surface area contributed by atoms with E-state index < -0.39 is 5.82 Å². The van der Waals surface area contributed by atoms with Crippen molar-refractivity contribution in [1.82, 2.24) is 15.0 Å². The number of rotatable bonds is 2. The summed E-state index contributed by atoms with van der Waals surface area (Å²) in [6.07, 6.45) is 1.59. The number of nitrogens with zero attached hydrogens (tertiary/aromatic N) is 3. The highest BCUT2D eigenvalue weighted by atomic mass is 35.5. The predicted molar refractivity (Wildman–Crippen MR) is 109 cm³/mol. The van der Waals surface area contributed by atoms with Crippen LogP contribution in [-0.2, 0) is 0 Å². The van der Waals surface area contributed by atoms with E-state index in [-0.39, 0.29) is 22.1 Å². The van der Waals surface area contributed by atoms with E-state index in [1.54, 1.807) is 24.4 Å². The lowest BCUT2D eigenvalue weighted by atomic mass is 10.1. The fourth-order valence-corrected chi connectivity index (χ4v) is 3.03. The van der Waals surface area contributed by atoms with Crippen molar-refractivity contribution >= 4 is 11.6 Å². The second-order valence-corrected chi connectivity index (χ2v) is 6.47. The van der Waals surface area contributed by atoms with E-state index in [1.807, 2.05) is 36.4 Å². The molecule has 4 aromatic rings. The zero-order valence-electron chi connectivity index (χ0n) is 14.9. The van der Waals surface area contributed by atoms with Gasteiger partial charge in [-0.3, -0.25) is 0 Å². The van der Waals surface area contributed by atoms with Crippen LogP contribution < -0.4 is 0 Å². The van der Waals surface area contributed by atoms with Crippen LogP contribution in [0.4, 0.5) is 4.39 Å². The summed E-state index contributed by atoms with van der Waals surface area (Å²) in [4.78, 5) is 11.5. The fourth-order valence-electron chi connectivity index (χ4n) is 2.78. The Morgan fingerprint density at radius 2 is 1.79 bits per heavy atom. The number of H-pyrrole nitrogens is 1. The van der Waals surface area contributed by atoms with E-state index in [4.69, 9.17) is 11.6 Å². The molecule has 0 bridgehead atoms. The molecule has 6 heteroatoms. The standard InChI is InChI=1S/C23H12ClFN4/c24-18-7-4-8-19(25)21(18)23-28-20(13-26)22(29-23)16-10-12-17(27-14-16)11-9-15-5-2-1-3-6-15/h1-8,10,12,14H,(H,28,29). The van der Waals surface area contributed by atoms with E-state index >= 15 is 0 Å². The van der Waals surface area contributed by atoms with Crippen molar-refractivity contribution in [3.63, 3.8) is 0 Å². The van der Waals surface area contributed by atoms with Gasteiger partial charge in [0.2, 0.25) is 0 Å². The molecular weight excluding hydrogens is 387 g/mol. The number of imidazole rings is 1. The highest BCUT2D eigenvalue weighted by Crippen LogP contribution is 2.31. The quantitative estimate of drug-likeness (QED) is 0.472. The molecule has 0 aliphatic rings. The van der Waals surface area contributed by atoms with E-state index in [2.05, 4.69) is 26.8 Å². The van der Waals surface area contributed by atoms with Gasteiger partial charge >= 0.3 is 0 Å². The zero-order chi connectivity index (χ0) is 20.2. The van der Waals surface area contributed by atoms with Crippen LogP contribution in [0.25, 0.3) is 22.6 Å².